The molecule has 1 N–H and O–H groups in total. The van der Waals surface area contributed by atoms with E-state index < -0.39 is 0 Å². The summed E-state index contributed by atoms with van der Waals surface area (Å²) in [7, 11) is 1.70. The number of methoxy groups -OCH3 is 1. The fourth-order valence-corrected chi connectivity index (χ4v) is 1.08. The summed E-state index contributed by atoms with van der Waals surface area (Å²) in [6, 6.07) is 8.41. The highest BCUT2D eigenvalue weighted by Gasteiger charge is 1.85. The molecule has 0 saturated carbocycles. The van der Waals surface area contributed by atoms with E-state index in [-0.39, 0.29) is 24.0 Å². The van der Waals surface area contributed by atoms with E-state index in [0.717, 1.165) is 13.2 Å². The predicted octanol–water partition coefficient (Wildman–Crippen LogP) is 2.82. The van der Waals surface area contributed by atoms with Crippen LogP contribution in [-0.2, 0) is 4.74 Å². The molecule has 0 unspecified atom stereocenters. The summed E-state index contributed by atoms with van der Waals surface area (Å²) in [6.45, 7) is 3.67. The molecule has 84 valence electrons. The molecule has 0 saturated heterocycles. The van der Waals surface area contributed by atoms with Crippen molar-refractivity contribution in [2.45, 2.75) is 6.92 Å². The van der Waals surface area contributed by atoms with E-state index >= 15 is 0 Å². The molecule has 0 aliphatic heterocycles. The lowest BCUT2D eigenvalue weighted by Gasteiger charge is -1.98. The standard InChI is InChI=1S/C12H17NO.HI/c1-11-3-5-12(6-4-11)7-8-13-9-10-14-2;/h3-8,13H,9-10H2,1-2H3;1H. The fourth-order valence-electron chi connectivity index (χ4n) is 1.08. The molecule has 0 aliphatic rings. The summed E-state index contributed by atoms with van der Waals surface area (Å²) < 4.78 is 4.91. The summed E-state index contributed by atoms with van der Waals surface area (Å²) in [5.74, 6) is 0. The van der Waals surface area contributed by atoms with Crippen molar-refractivity contribution in [3.05, 3.63) is 41.6 Å². The average Bonchev–Trinajstić information content (AvgIpc) is 2.21. The molecule has 0 aromatic heterocycles. The van der Waals surface area contributed by atoms with Gasteiger partial charge in [0.1, 0.15) is 0 Å². The number of nitrogens with one attached hydrogen (secondary N) is 1. The molecule has 0 heterocycles. The zero-order valence-electron chi connectivity index (χ0n) is 9.19. The second kappa shape index (κ2) is 8.73. The maximum absolute atomic E-state index is 4.91. The molecule has 0 bridgehead atoms. The Morgan fingerprint density at radius 1 is 1.27 bits per heavy atom. The van der Waals surface area contributed by atoms with E-state index in [1.807, 2.05) is 6.20 Å². The van der Waals surface area contributed by atoms with Gasteiger partial charge in [-0.05, 0) is 24.8 Å². The SMILES string of the molecule is COCCNC=Cc1ccc(C)cc1.I. The number of ether oxygens (including phenoxy) is 1. The Kier molecular flexibility index (Phi) is 8.41. The van der Waals surface area contributed by atoms with Crippen molar-refractivity contribution in [1.29, 1.82) is 0 Å². The van der Waals surface area contributed by atoms with E-state index in [0.29, 0.717) is 0 Å². The molecule has 0 amide bonds. The van der Waals surface area contributed by atoms with E-state index in [4.69, 9.17) is 4.74 Å². The Morgan fingerprint density at radius 2 is 1.93 bits per heavy atom. The van der Waals surface area contributed by atoms with Gasteiger partial charge in [0.2, 0.25) is 0 Å². The average molecular weight is 319 g/mol. The van der Waals surface area contributed by atoms with Gasteiger partial charge in [0.05, 0.1) is 6.61 Å². The second-order valence-corrected chi connectivity index (χ2v) is 3.19. The Hall–Kier alpha value is -0.550. The van der Waals surface area contributed by atoms with Gasteiger partial charge in [0.25, 0.3) is 0 Å². The van der Waals surface area contributed by atoms with Crippen LogP contribution in [0, 0.1) is 6.92 Å². The normalized spacial score (nSPS) is 10.0. The Bertz CT molecular complexity index is 282. The predicted molar refractivity (Wildman–Crippen MR) is 75.5 cm³/mol. The van der Waals surface area contributed by atoms with Gasteiger partial charge < -0.3 is 10.1 Å². The monoisotopic (exact) mass is 319 g/mol. The minimum absolute atomic E-state index is 0. The van der Waals surface area contributed by atoms with Gasteiger partial charge in [-0.2, -0.15) is 0 Å². The summed E-state index contributed by atoms with van der Waals surface area (Å²) in [4.78, 5) is 0. The topological polar surface area (TPSA) is 21.3 Å². The molecule has 0 atom stereocenters. The van der Waals surface area contributed by atoms with Crippen molar-refractivity contribution in [3.63, 3.8) is 0 Å². The molecule has 2 nitrogen and oxygen atoms in total. The van der Waals surface area contributed by atoms with Crippen LogP contribution < -0.4 is 5.32 Å². The van der Waals surface area contributed by atoms with Crippen LogP contribution >= 0.6 is 24.0 Å². The molecule has 1 rings (SSSR count). The molecule has 0 radical (unpaired) electrons. The van der Waals surface area contributed by atoms with Gasteiger partial charge in [-0.3, -0.25) is 0 Å². The molecule has 1 aromatic carbocycles. The number of hydrogen-bond donors (Lipinski definition) is 1. The zero-order chi connectivity index (χ0) is 10.2. The fraction of sp³-hybridized carbons (Fsp3) is 0.333. The lowest BCUT2D eigenvalue weighted by Crippen LogP contribution is -2.11. The molecule has 1 aromatic rings. The molecule has 0 aliphatic carbocycles. The van der Waals surface area contributed by atoms with Crippen molar-refractivity contribution in [3.8, 4) is 0 Å². The second-order valence-electron chi connectivity index (χ2n) is 3.19. The number of aryl methyl sites for hydroxylation is 1. The van der Waals surface area contributed by atoms with Crippen molar-refractivity contribution >= 4 is 30.1 Å². The van der Waals surface area contributed by atoms with Gasteiger partial charge in [0, 0.05) is 13.7 Å². The first-order valence-electron chi connectivity index (χ1n) is 4.78. The van der Waals surface area contributed by atoms with Crippen LogP contribution in [0.1, 0.15) is 11.1 Å². The van der Waals surface area contributed by atoms with E-state index in [1.165, 1.54) is 11.1 Å². The maximum atomic E-state index is 4.91. The van der Waals surface area contributed by atoms with Gasteiger partial charge in [-0.15, -0.1) is 24.0 Å². The number of rotatable bonds is 5. The van der Waals surface area contributed by atoms with Crippen LogP contribution in [0.25, 0.3) is 6.08 Å². The molecule has 0 spiro atoms. The summed E-state index contributed by atoms with van der Waals surface area (Å²) in [5, 5.41) is 3.14. The molecule has 15 heavy (non-hydrogen) atoms. The lowest BCUT2D eigenvalue weighted by atomic mass is 10.1. The number of halogens is 1. The summed E-state index contributed by atoms with van der Waals surface area (Å²) in [6.07, 6.45) is 4.00. The third-order valence-corrected chi connectivity index (χ3v) is 1.92. The Morgan fingerprint density at radius 3 is 2.53 bits per heavy atom. The number of hydrogen-bond acceptors (Lipinski definition) is 2. The first-order valence-corrected chi connectivity index (χ1v) is 4.78. The maximum Gasteiger partial charge on any atom is 0.0635 e. The summed E-state index contributed by atoms with van der Waals surface area (Å²) >= 11 is 0. The van der Waals surface area contributed by atoms with Gasteiger partial charge in [-0.1, -0.05) is 29.8 Å². The van der Waals surface area contributed by atoms with Crippen molar-refractivity contribution in [2.75, 3.05) is 20.3 Å². The molecule has 0 fully saturated rings. The van der Waals surface area contributed by atoms with Crippen LogP contribution in [0.4, 0.5) is 0 Å². The van der Waals surface area contributed by atoms with Gasteiger partial charge in [0.15, 0.2) is 0 Å². The lowest BCUT2D eigenvalue weighted by molar-refractivity contribution is 0.203. The highest BCUT2D eigenvalue weighted by molar-refractivity contribution is 14.0. The first kappa shape index (κ1) is 14.5. The zero-order valence-corrected chi connectivity index (χ0v) is 11.5. The first-order chi connectivity index (χ1) is 6.83. The summed E-state index contributed by atoms with van der Waals surface area (Å²) in [5.41, 5.74) is 2.50. The van der Waals surface area contributed by atoms with Crippen LogP contribution in [0.15, 0.2) is 30.5 Å². The molecular formula is C12H18INO. The molecule has 3 heteroatoms. The van der Waals surface area contributed by atoms with Crippen molar-refractivity contribution in [2.24, 2.45) is 0 Å². The minimum atomic E-state index is 0. The number of benzene rings is 1. The van der Waals surface area contributed by atoms with E-state index in [1.54, 1.807) is 7.11 Å². The van der Waals surface area contributed by atoms with E-state index in [2.05, 4.69) is 42.6 Å². The van der Waals surface area contributed by atoms with Crippen molar-refractivity contribution < 1.29 is 4.74 Å². The van der Waals surface area contributed by atoms with E-state index in [9.17, 15) is 0 Å². The van der Waals surface area contributed by atoms with Gasteiger partial charge >= 0.3 is 0 Å². The highest BCUT2D eigenvalue weighted by atomic mass is 127. The van der Waals surface area contributed by atoms with Crippen molar-refractivity contribution in [1.82, 2.24) is 5.32 Å². The third kappa shape index (κ3) is 6.52. The van der Waals surface area contributed by atoms with Crippen LogP contribution in [0.5, 0.6) is 0 Å². The quantitative estimate of drug-likeness (QED) is 0.666. The largest absolute Gasteiger partial charge is 0.389 e. The van der Waals surface area contributed by atoms with Gasteiger partial charge in [-0.25, -0.2) is 0 Å². The van der Waals surface area contributed by atoms with Crippen LogP contribution in [0.2, 0.25) is 0 Å². The minimum Gasteiger partial charge on any atom is -0.389 e. The van der Waals surface area contributed by atoms with Crippen LogP contribution in [0.3, 0.4) is 0 Å². The Labute approximate surface area is 109 Å². The third-order valence-electron chi connectivity index (χ3n) is 1.92. The molecular weight excluding hydrogens is 301 g/mol. The highest BCUT2D eigenvalue weighted by Crippen LogP contribution is 2.03. The smallest absolute Gasteiger partial charge is 0.0635 e. The Balaban J connectivity index is 0.00000196. The van der Waals surface area contributed by atoms with Crippen LogP contribution in [-0.4, -0.2) is 20.3 Å².